The molecule has 6 nitrogen and oxygen atoms in total. The minimum atomic E-state index is -0.814. The highest BCUT2D eigenvalue weighted by molar-refractivity contribution is 5.77. The molecule has 358 valence electrons. The molecule has 0 aliphatic rings. The first-order valence-electron chi connectivity index (χ1n) is 26.2. The minimum Gasteiger partial charge on any atom is -0.461 e. The smallest absolute Gasteiger partial charge is 0.306 e. The fourth-order valence-corrected chi connectivity index (χ4v) is 7.57. The van der Waals surface area contributed by atoms with Crippen LogP contribution in [-0.2, 0) is 14.3 Å². The van der Waals surface area contributed by atoms with Gasteiger partial charge in [0.05, 0.1) is 25.2 Å². The van der Waals surface area contributed by atoms with Crippen molar-refractivity contribution in [3.05, 3.63) is 72.9 Å². The zero-order valence-electron chi connectivity index (χ0n) is 40.7. The van der Waals surface area contributed by atoms with Crippen LogP contribution < -0.4 is 5.32 Å². The van der Waals surface area contributed by atoms with Gasteiger partial charge in [0.1, 0.15) is 6.10 Å². The van der Waals surface area contributed by atoms with Crippen molar-refractivity contribution in [2.75, 3.05) is 6.61 Å². The fourth-order valence-electron chi connectivity index (χ4n) is 7.57. The number of rotatable bonds is 46. The number of carbonyl (C=O) groups is 2. The summed E-state index contributed by atoms with van der Waals surface area (Å²) in [6, 6.07) is -0.734. The van der Waals surface area contributed by atoms with E-state index in [2.05, 4.69) is 86.8 Å². The van der Waals surface area contributed by atoms with Gasteiger partial charge in [-0.3, -0.25) is 9.59 Å². The molecule has 0 rings (SSSR count). The molecule has 3 atom stereocenters. The number of hydrogen-bond acceptors (Lipinski definition) is 5. The average Bonchev–Trinajstić information content (AvgIpc) is 3.26. The van der Waals surface area contributed by atoms with Gasteiger partial charge in [-0.1, -0.05) is 229 Å². The molecule has 0 saturated heterocycles. The molecular formula is C56H99NO5. The van der Waals surface area contributed by atoms with Crippen molar-refractivity contribution in [1.29, 1.82) is 0 Å². The maximum absolute atomic E-state index is 13.2. The number of amides is 1. The van der Waals surface area contributed by atoms with E-state index in [9.17, 15) is 19.8 Å². The van der Waals surface area contributed by atoms with Gasteiger partial charge in [0.2, 0.25) is 5.91 Å². The van der Waals surface area contributed by atoms with Crippen molar-refractivity contribution >= 4 is 11.9 Å². The lowest BCUT2D eigenvalue weighted by molar-refractivity contribution is -0.150. The second-order valence-electron chi connectivity index (χ2n) is 17.5. The lowest BCUT2D eigenvalue weighted by Gasteiger charge is -2.24. The van der Waals surface area contributed by atoms with Crippen LogP contribution in [0.3, 0.4) is 0 Å². The van der Waals surface area contributed by atoms with Crippen molar-refractivity contribution in [3.8, 4) is 0 Å². The largest absolute Gasteiger partial charge is 0.461 e. The van der Waals surface area contributed by atoms with Crippen LogP contribution in [0.5, 0.6) is 0 Å². The Morgan fingerprint density at radius 1 is 0.500 bits per heavy atom. The summed E-state index contributed by atoms with van der Waals surface area (Å²) in [5.41, 5.74) is 0. The first-order valence-corrected chi connectivity index (χ1v) is 26.2. The average molecular weight is 866 g/mol. The molecule has 3 N–H and O–H groups in total. The summed E-state index contributed by atoms with van der Waals surface area (Å²) in [6.45, 7) is 6.33. The second kappa shape index (κ2) is 49.3. The summed E-state index contributed by atoms with van der Waals surface area (Å²) in [4.78, 5) is 26.1. The summed E-state index contributed by atoms with van der Waals surface area (Å²) in [7, 11) is 0. The summed E-state index contributed by atoms with van der Waals surface area (Å²) in [5, 5.41) is 23.7. The molecule has 3 unspecified atom stereocenters. The molecule has 62 heavy (non-hydrogen) atoms. The Morgan fingerprint density at radius 2 is 0.903 bits per heavy atom. The van der Waals surface area contributed by atoms with E-state index >= 15 is 0 Å². The Morgan fingerprint density at radius 3 is 1.35 bits per heavy atom. The van der Waals surface area contributed by atoms with Gasteiger partial charge in [0.25, 0.3) is 0 Å². The standard InChI is InChI=1S/C56H99NO5/c1-4-7-10-13-16-19-22-24-26-27-29-31-34-37-40-43-46-49-56(61)62-52(47-44-41-38-35-33-30-28-25-23-20-17-14-11-8-5-2)50-55(60)57-53(51-58)54(59)48-45-42-39-36-32-21-18-15-12-9-6-3/h8,11,17,20,24-26,28,33,35,41,44,52-54,58-59H,4-7,9-10,12-16,18-19,21-23,27,29-32,34,36-40,42-43,45-51H2,1-3H3,(H,57,60)/b11-8-,20-17-,26-24+,28-25-,35-33-,44-41-. The first-order chi connectivity index (χ1) is 30.5. The Hall–Kier alpha value is -2.70. The molecule has 0 saturated carbocycles. The highest BCUT2D eigenvalue weighted by Gasteiger charge is 2.23. The van der Waals surface area contributed by atoms with Gasteiger partial charge in [-0.05, 0) is 70.6 Å². The van der Waals surface area contributed by atoms with Crippen molar-refractivity contribution in [1.82, 2.24) is 5.32 Å². The monoisotopic (exact) mass is 866 g/mol. The Balaban J connectivity index is 4.71. The molecule has 0 aromatic heterocycles. The number of hydrogen-bond donors (Lipinski definition) is 3. The predicted octanol–water partition coefficient (Wildman–Crippen LogP) is 15.8. The lowest BCUT2D eigenvalue weighted by atomic mass is 10.0. The highest BCUT2D eigenvalue weighted by Crippen LogP contribution is 2.16. The second-order valence-corrected chi connectivity index (χ2v) is 17.5. The summed E-state index contributed by atoms with van der Waals surface area (Å²) >= 11 is 0. The quantitative estimate of drug-likeness (QED) is 0.0322. The SMILES string of the molecule is CC/C=C\C/C=C\C/C=C\C/C=C\C/C=C\CC(CC(=O)NC(CO)C(O)CCCCCCCCCCCCC)OC(=O)CCCCCCCCC/C=C/CCCCCCCC. The van der Waals surface area contributed by atoms with E-state index in [1.807, 2.05) is 12.2 Å². The molecule has 0 aliphatic heterocycles. The number of esters is 1. The van der Waals surface area contributed by atoms with E-state index in [1.165, 1.54) is 128 Å². The third-order valence-corrected chi connectivity index (χ3v) is 11.5. The van der Waals surface area contributed by atoms with Gasteiger partial charge in [0, 0.05) is 12.8 Å². The van der Waals surface area contributed by atoms with Crippen molar-refractivity contribution in [2.24, 2.45) is 0 Å². The van der Waals surface area contributed by atoms with Crippen LogP contribution >= 0.6 is 0 Å². The molecule has 1 amide bonds. The van der Waals surface area contributed by atoms with Crippen LogP contribution in [0.1, 0.15) is 245 Å². The number of nitrogens with one attached hydrogen (secondary N) is 1. The molecule has 0 heterocycles. The van der Waals surface area contributed by atoms with E-state index < -0.39 is 18.2 Å². The van der Waals surface area contributed by atoms with Crippen LogP contribution in [-0.4, -0.2) is 46.9 Å². The Bertz CT molecular complexity index is 1150. The highest BCUT2D eigenvalue weighted by atomic mass is 16.5. The van der Waals surface area contributed by atoms with E-state index in [4.69, 9.17) is 4.74 Å². The molecule has 0 aromatic carbocycles. The van der Waals surface area contributed by atoms with Crippen LogP contribution in [0.25, 0.3) is 0 Å². The van der Waals surface area contributed by atoms with E-state index in [1.54, 1.807) is 0 Å². The van der Waals surface area contributed by atoms with E-state index in [-0.39, 0.29) is 24.9 Å². The third kappa shape index (κ3) is 43.9. The van der Waals surface area contributed by atoms with Crippen LogP contribution in [0.15, 0.2) is 72.9 Å². The van der Waals surface area contributed by atoms with Gasteiger partial charge in [0.15, 0.2) is 0 Å². The van der Waals surface area contributed by atoms with Gasteiger partial charge in [-0.25, -0.2) is 0 Å². The van der Waals surface area contributed by atoms with Gasteiger partial charge in [-0.15, -0.1) is 0 Å². The summed E-state index contributed by atoms with van der Waals surface area (Å²) < 4.78 is 5.87. The van der Waals surface area contributed by atoms with Crippen molar-refractivity contribution < 1.29 is 24.5 Å². The lowest BCUT2D eigenvalue weighted by Crippen LogP contribution is -2.46. The number of unbranched alkanes of at least 4 members (excludes halogenated alkanes) is 23. The van der Waals surface area contributed by atoms with Gasteiger partial charge in [-0.2, -0.15) is 0 Å². The molecule has 6 heteroatoms. The number of carbonyl (C=O) groups excluding carboxylic acids is 2. The van der Waals surface area contributed by atoms with Crippen LogP contribution in [0.4, 0.5) is 0 Å². The topological polar surface area (TPSA) is 95.9 Å². The maximum atomic E-state index is 13.2. The molecule has 0 radical (unpaired) electrons. The van der Waals surface area contributed by atoms with Crippen molar-refractivity contribution in [2.45, 2.75) is 264 Å². The molecule has 0 fully saturated rings. The predicted molar refractivity (Wildman–Crippen MR) is 268 cm³/mol. The molecule has 0 aromatic rings. The summed E-state index contributed by atoms with van der Waals surface area (Å²) in [6.07, 6.45) is 62.6. The Kier molecular flexibility index (Phi) is 47.2. The third-order valence-electron chi connectivity index (χ3n) is 11.5. The molecule has 0 spiro atoms. The molecule has 0 aliphatic carbocycles. The minimum absolute atomic E-state index is 0.00402. The van der Waals surface area contributed by atoms with Crippen LogP contribution in [0, 0.1) is 0 Å². The number of allylic oxidation sites excluding steroid dienone is 11. The molecule has 0 bridgehead atoms. The Labute approximate surface area is 383 Å². The maximum Gasteiger partial charge on any atom is 0.306 e. The number of aliphatic hydroxyl groups is 2. The fraction of sp³-hybridized carbons (Fsp3) is 0.750. The molecular weight excluding hydrogens is 767 g/mol. The first kappa shape index (κ1) is 59.3. The number of ether oxygens (including phenoxy) is 1. The zero-order chi connectivity index (χ0) is 45.2. The van der Waals surface area contributed by atoms with Gasteiger partial charge < -0.3 is 20.3 Å². The summed E-state index contributed by atoms with van der Waals surface area (Å²) in [5.74, 6) is -0.585. The normalized spacial score (nSPS) is 13.8. The van der Waals surface area contributed by atoms with Gasteiger partial charge >= 0.3 is 5.97 Å². The van der Waals surface area contributed by atoms with Crippen LogP contribution in [0.2, 0.25) is 0 Å². The van der Waals surface area contributed by atoms with E-state index in [0.29, 0.717) is 19.3 Å². The van der Waals surface area contributed by atoms with Crippen molar-refractivity contribution in [3.63, 3.8) is 0 Å². The van der Waals surface area contributed by atoms with E-state index in [0.717, 1.165) is 70.6 Å². The zero-order valence-corrected chi connectivity index (χ0v) is 40.7. The number of aliphatic hydroxyl groups excluding tert-OH is 2.